The Kier molecular flexibility index (Phi) is 8.18. The van der Waals surface area contributed by atoms with Crippen molar-refractivity contribution in [3.8, 4) is 0 Å². The summed E-state index contributed by atoms with van der Waals surface area (Å²) in [5.74, 6) is 0. The Hall–Kier alpha value is 0.200. The van der Waals surface area contributed by atoms with Crippen LogP contribution in [0.15, 0.2) is 36.4 Å². The molecule has 0 aliphatic carbocycles. The van der Waals surface area contributed by atoms with Crippen LogP contribution in [0.1, 0.15) is 0 Å². The summed E-state index contributed by atoms with van der Waals surface area (Å²) in [5.41, 5.74) is 0. The van der Waals surface area contributed by atoms with Crippen molar-refractivity contribution < 1.29 is 38.7 Å². The van der Waals surface area contributed by atoms with Gasteiger partial charge in [0.25, 0.3) is 0 Å². The van der Waals surface area contributed by atoms with E-state index in [0.29, 0.717) is 20.1 Å². The first kappa shape index (κ1) is 20.2. The lowest BCUT2D eigenvalue weighted by Gasteiger charge is -2.06. The molecule has 0 radical (unpaired) electrons. The Morgan fingerprint density at radius 3 is 1.36 bits per heavy atom. The number of halogens is 5. The van der Waals surface area contributed by atoms with Gasteiger partial charge in [0.1, 0.15) is 0 Å². The Labute approximate surface area is 158 Å². The molecule has 0 heterocycles. The van der Waals surface area contributed by atoms with Crippen molar-refractivity contribution in [1.82, 2.24) is 0 Å². The van der Waals surface area contributed by atoms with Crippen LogP contribution >= 0.6 is 46.4 Å². The zero-order valence-corrected chi connectivity index (χ0v) is 16.4. The van der Waals surface area contributed by atoms with Gasteiger partial charge in [0.2, 0.25) is 7.14 Å². The highest BCUT2D eigenvalue weighted by Gasteiger charge is 2.22. The Bertz CT molecular complexity index is 710. The Morgan fingerprint density at radius 1 is 0.773 bits per heavy atom. The molecule has 0 fully saturated rings. The molecular formula is C12H6Cl4IO4S-. The van der Waals surface area contributed by atoms with Crippen LogP contribution in [0.25, 0.3) is 0 Å². The van der Waals surface area contributed by atoms with Gasteiger partial charge in [-0.2, -0.15) is 0 Å². The zero-order valence-electron chi connectivity index (χ0n) is 10.4. The van der Waals surface area contributed by atoms with E-state index in [-0.39, 0.29) is 0 Å². The average molecular weight is 515 g/mol. The van der Waals surface area contributed by atoms with Gasteiger partial charge in [-0.3, -0.25) is 8.42 Å². The third-order valence-corrected chi connectivity index (χ3v) is 6.74. The van der Waals surface area contributed by atoms with Crippen molar-refractivity contribution in [1.29, 1.82) is 0 Å². The molecule has 0 atom stereocenters. The summed E-state index contributed by atoms with van der Waals surface area (Å²) in [6, 6.07) is 11.1. The predicted octanol–water partition coefficient (Wildman–Crippen LogP) is 1.09. The third-order valence-electron chi connectivity index (χ3n) is 1.97. The average Bonchev–Trinajstić information content (AvgIpc) is 2.33. The second-order valence-corrected chi connectivity index (χ2v) is 8.99. The van der Waals surface area contributed by atoms with Gasteiger partial charge in [0, 0.05) is 20.4 Å². The summed E-state index contributed by atoms with van der Waals surface area (Å²) in [6.45, 7) is 0. The van der Waals surface area contributed by atoms with Gasteiger partial charge in [-0.05, 0) is 36.4 Å². The fourth-order valence-corrected chi connectivity index (χ4v) is 4.67. The first-order valence-corrected chi connectivity index (χ1v) is 10.3. The molecule has 0 aliphatic rings. The van der Waals surface area contributed by atoms with Crippen LogP contribution in [0.5, 0.6) is 0 Å². The van der Waals surface area contributed by atoms with Gasteiger partial charge >= 0.3 is 21.2 Å². The largest absolute Gasteiger partial charge is 0.759 e. The molecule has 0 saturated heterocycles. The van der Waals surface area contributed by atoms with Gasteiger partial charge in [-0.25, -0.2) is 0 Å². The van der Waals surface area contributed by atoms with Crippen LogP contribution < -0.4 is 21.2 Å². The molecule has 2 rings (SSSR count). The van der Waals surface area contributed by atoms with Gasteiger partial charge in [0.05, 0.1) is 10.0 Å². The SMILES string of the molecule is Clc1ccc([I+]c2ccc(Cl)cc2Cl)c(Cl)c1.O=S(=O)([O-])[O-]. The van der Waals surface area contributed by atoms with E-state index in [0.717, 1.165) is 7.14 Å². The highest BCUT2D eigenvalue weighted by molar-refractivity contribution is 7.79. The highest BCUT2D eigenvalue weighted by Crippen LogP contribution is 2.17. The summed E-state index contributed by atoms with van der Waals surface area (Å²) in [4.78, 5) is 0. The molecule has 120 valence electrons. The van der Waals surface area contributed by atoms with Crippen LogP contribution in [0, 0.1) is 7.14 Å². The maximum absolute atomic E-state index is 8.52. The van der Waals surface area contributed by atoms with Crippen LogP contribution in [0.3, 0.4) is 0 Å². The molecule has 0 N–H and O–H groups in total. The second kappa shape index (κ2) is 8.89. The summed E-state index contributed by atoms with van der Waals surface area (Å²) in [6.07, 6.45) is 0. The van der Waals surface area contributed by atoms with Crippen molar-refractivity contribution in [2.45, 2.75) is 0 Å². The highest BCUT2D eigenvalue weighted by atomic mass is 127. The van der Waals surface area contributed by atoms with E-state index in [1.54, 1.807) is 12.1 Å². The lowest BCUT2D eigenvalue weighted by Crippen LogP contribution is -3.61. The topological polar surface area (TPSA) is 80.3 Å². The van der Waals surface area contributed by atoms with Gasteiger partial charge < -0.3 is 9.11 Å². The monoisotopic (exact) mass is 513 g/mol. The van der Waals surface area contributed by atoms with Crippen molar-refractivity contribution in [2.75, 3.05) is 0 Å². The molecule has 4 nitrogen and oxygen atoms in total. The lowest BCUT2D eigenvalue weighted by atomic mass is 10.4. The van der Waals surface area contributed by atoms with E-state index in [2.05, 4.69) is 0 Å². The van der Waals surface area contributed by atoms with Gasteiger partial charge in [-0.1, -0.05) is 46.4 Å². The van der Waals surface area contributed by atoms with Crippen molar-refractivity contribution in [3.63, 3.8) is 0 Å². The predicted molar refractivity (Wildman–Crippen MR) is 80.8 cm³/mol. The van der Waals surface area contributed by atoms with Crippen LogP contribution in [-0.2, 0) is 10.4 Å². The van der Waals surface area contributed by atoms with Crippen LogP contribution in [0.2, 0.25) is 20.1 Å². The van der Waals surface area contributed by atoms with Crippen LogP contribution in [-0.4, -0.2) is 17.5 Å². The van der Waals surface area contributed by atoms with E-state index in [9.17, 15) is 0 Å². The first-order chi connectivity index (χ1) is 10.1. The fraction of sp³-hybridized carbons (Fsp3) is 0. The van der Waals surface area contributed by atoms with E-state index in [1.807, 2.05) is 24.3 Å². The van der Waals surface area contributed by atoms with Crippen LogP contribution in [0.4, 0.5) is 0 Å². The second-order valence-electron chi connectivity index (χ2n) is 3.62. The summed E-state index contributed by atoms with van der Waals surface area (Å²) in [7, 11) is -5.17. The van der Waals surface area contributed by atoms with Crippen molar-refractivity contribution in [3.05, 3.63) is 63.6 Å². The van der Waals surface area contributed by atoms with Crippen molar-refractivity contribution >= 4 is 56.8 Å². The minimum atomic E-state index is -5.17. The standard InChI is InChI=1S/C12H6Cl4I.H2O4S/c13-7-1-3-11(9(15)5-7)17-12-4-2-8(14)6-10(12)16;1-5(2,3)4/h1-6H;(H2,1,2,3,4)/q+1;/p-2. The number of hydrogen-bond donors (Lipinski definition) is 0. The normalized spacial score (nSPS) is 10.8. The molecule has 22 heavy (non-hydrogen) atoms. The lowest BCUT2D eigenvalue weighted by molar-refractivity contribution is -0.597. The molecule has 0 unspecified atom stereocenters. The summed E-state index contributed by atoms with van der Waals surface area (Å²) >= 11 is 23.6. The minimum Gasteiger partial charge on any atom is -0.759 e. The third kappa shape index (κ3) is 8.16. The maximum Gasteiger partial charge on any atom is 0.361 e. The summed E-state index contributed by atoms with van der Waals surface area (Å²) < 4.78 is 36.3. The molecule has 0 saturated carbocycles. The zero-order chi connectivity index (χ0) is 16.9. The van der Waals surface area contributed by atoms with Gasteiger partial charge in [0.15, 0.2) is 0 Å². The number of rotatable bonds is 2. The maximum atomic E-state index is 8.52. The first-order valence-electron chi connectivity index (χ1n) is 5.28. The van der Waals surface area contributed by atoms with Gasteiger partial charge in [-0.15, -0.1) is 0 Å². The molecule has 0 amide bonds. The minimum absolute atomic E-state index is 0.421. The molecule has 0 aliphatic heterocycles. The number of hydrogen-bond acceptors (Lipinski definition) is 4. The molecule has 0 aromatic heterocycles. The molecule has 0 bridgehead atoms. The molecule has 2 aromatic carbocycles. The Balaban J connectivity index is 0.000000422. The smallest absolute Gasteiger partial charge is 0.361 e. The van der Waals surface area contributed by atoms with E-state index in [1.165, 1.54) is 0 Å². The Morgan fingerprint density at radius 2 is 1.09 bits per heavy atom. The van der Waals surface area contributed by atoms with E-state index < -0.39 is 31.6 Å². The molecule has 10 heteroatoms. The summed E-state index contributed by atoms with van der Waals surface area (Å²) in [5, 5.41) is 2.67. The van der Waals surface area contributed by atoms with E-state index in [4.69, 9.17) is 63.9 Å². The quantitative estimate of drug-likeness (QED) is 0.260. The van der Waals surface area contributed by atoms with Crippen molar-refractivity contribution in [2.24, 2.45) is 0 Å². The van der Waals surface area contributed by atoms with E-state index >= 15 is 0 Å². The number of benzene rings is 2. The molecule has 0 spiro atoms. The fourth-order valence-electron chi connectivity index (χ4n) is 1.20. The molecular weight excluding hydrogens is 509 g/mol. The molecule has 2 aromatic rings.